The Kier molecular flexibility index (Phi) is 6.40. The van der Waals surface area contributed by atoms with Crippen molar-refractivity contribution in [2.24, 2.45) is 11.1 Å². The van der Waals surface area contributed by atoms with Crippen LogP contribution in [0.15, 0.2) is 36.4 Å². The number of piperidine rings is 1. The molecule has 6 heteroatoms. The molecule has 2 heterocycles. The Hall–Kier alpha value is -1.36. The zero-order chi connectivity index (χ0) is 15.0. The van der Waals surface area contributed by atoms with Crippen LogP contribution in [0.1, 0.15) is 30.8 Å². The molecule has 23 heavy (non-hydrogen) atoms. The van der Waals surface area contributed by atoms with Gasteiger partial charge in [0.05, 0.1) is 5.52 Å². The number of pyridine rings is 1. The molecule has 4 nitrogen and oxygen atoms in total. The minimum atomic E-state index is -0.0508. The van der Waals surface area contributed by atoms with E-state index in [4.69, 9.17) is 5.73 Å². The van der Waals surface area contributed by atoms with Crippen LogP contribution in [0.5, 0.6) is 0 Å². The number of likely N-dealkylation sites (tertiary alicyclic amines) is 1. The van der Waals surface area contributed by atoms with E-state index in [1.165, 1.54) is 0 Å². The van der Waals surface area contributed by atoms with Crippen LogP contribution >= 0.6 is 24.8 Å². The summed E-state index contributed by atoms with van der Waals surface area (Å²) in [7, 11) is 0. The molecule has 3 rings (SSSR count). The zero-order valence-corrected chi connectivity index (χ0v) is 15.0. The second-order valence-electron chi connectivity index (χ2n) is 6.50. The van der Waals surface area contributed by atoms with Crippen molar-refractivity contribution >= 4 is 41.6 Å². The highest BCUT2D eigenvalue weighted by atomic mass is 35.5. The highest BCUT2D eigenvalue weighted by molar-refractivity contribution is 5.95. The Bertz CT molecular complexity index is 690. The number of halogens is 2. The maximum atomic E-state index is 12.7. The molecule has 0 saturated carbocycles. The maximum Gasteiger partial charge on any atom is 0.272 e. The molecule has 1 unspecified atom stereocenters. The van der Waals surface area contributed by atoms with E-state index in [9.17, 15) is 4.79 Å². The number of fused-ring (bicyclic) bond motifs is 1. The summed E-state index contributed by atoms with van der Waals surface area (Å²) in [6.07, 6.45) is 0.840. The van der Waals surface area contributed by atoms with Crippen molar-refractivity contribution in [1.29, 1.82) is 0 Å². The highest BCUT2D eigenvalue weighted by Crippen LogP contribution is 2.28. The summed E-state index contributed by atoms with van der Waals surface area (Å²) in [4.78, 5) is 19.0. The Morgan fingerprint density at radius 1 is 1.22 bits per heavy atom. The number of hydrogen-bond donors (Lipinski definition) is 1. The van der Waals surface area contributed by atoms with Crippen molar-refractivity contribution in [2.75, 3.05) is 13.1 Å². The SMILES string of the molecule is CC1(C)CN(C(=O)c2ccc3ccccc3n2)CCC1N.Cl.Cl. The number of amides is 1. The number of benzene rings is 1. The van der Waals surface area contributed by atoms with Gasteiger partial charge in [-0.15, -0.1) is 24.8 Å². The number of aromatic nitrogens is 1. The molecular weight excluding hydrogens is 333 g/mol. The molecular formula is C17H23Cl2N3O. The first-order chi connectivity index (χ1) is 9.97. The largest absolute Gasteiger partial charge is 0.337 e. The van der Waals surface area contributed by atoms with Gasteiger partial charge in [0.1, 0.15) is 5.69 Å². The molecule has 1 fully saturated rings. The summed E-state index contributed by atoms with van der Waals surface area (Å²) >= 11 is 0. The predicted octanol–water partition coefficient (Wildman–Crippen LogP) is 3.28. The topological polar surface area (TPSA) is 59.2 Å². The summed E-state index contributed by atoms with van der Waals surface area (Å²) in [5, 5.41) is 1.05. The van der Waals surface area contributed by atoms with Gasteiger partial charge in [0.15, 0.2) is 0 Å². The quantitative estimate of drug-likeness (QED) is 0.853. The van der Waals surface area contributed by atoms with E-state index in [-0.39, 0.29) is 42.2 Å². The summed E-state index contributed by atoms with van der Waals surface area (Å²) in [5.74, 6) is 0.000674. The molecule has 0 spiro atoms. The molecule has 0 bridgehead atoms. The second kappa shape index (κ2) is 7.47. The van der Waals surface area contributed by atoms with Gasteiger partial charge in [0, 0.05) is 24.5 Å². The monoisotopic (exact) mass is 355 g/mol. The van der Waals surface area contributed by atoms with E-state index in [0.717, 1.165) is 17.3 Å². The lowest BCUT2D eigenvalue weighted by Crippen LogP contribution is -2.54. The number of nitrogens with two attached hydrogens (primary N) is 1. The zero-order valence-electron chi connectivity index (χ0n) is 13.4. The molecule has 1 aliphatic rings. The van der Waals surface area contributed by atoms with Crippen molar-refractivity contribution in [2.45, 2.75) is 26.3 Å². The van der Waals surface area contributed by atoms with Gasteiger partial charge in [-0.05, 0) is 24.0 Å². The van der Waals surface area contributed by atoms with Crippen LogP contribution < -0.4 is 5.73 Å². The molecule has 1 saturated heterocycles. The van der Waals surface area contributed by atoms with Crippen molar-refractivity contribution < 1.29 is 4.79 Å². The molecule has 1 amide bonds. The number of hydrogen-bond acceptors (Lipinski definition) is 3. The molecule has 1 atom stereocenters. The van der Waals surface area contributed by atoms with Gasteiger partial charge < -0.3 is 10.6 Å². The number of carbonyl (C=O) groups is 1. The summed E-state index contributed by atoms with van der Waals surface area (Å²) in [6.45, 7) is 5.62. The van der Waals surface area contributed by atoms with Crippen LogP contribution in [-0.2, 0) is 0 Å². The van der Waals surface area contributed by atoms with E-state index in [1.807, 2.05) is 41.3 Å². The fourth-order valence-electron chi connectivity index (χ4n) is 2.89. The molecule has 2 aromatic rings. The standard InChI is InChI=1S/C17H21N3O.2ClH/c1-17(2)11-20(10-9-15(17)18)16(21)14-8-7-12-5-3-4-6-13(12)19-14;;/h3-8,15H,9-11,18H2,1-2H3;2*1H. The van der Waals surface area contributed by atoms with Gasteiger partial charge in [0.25, 0.3) is 5.91 Å². The maximum absolute atomic E-state index is 12.7. The Labute approximate surface area is 149 Å². The molecule has 1 aromatic heterocycles. The van der Waals surface area contributed by atoms with E-state index in [0.29, 0.717) is 18.8 Å². The van der Waals surface area contributed by atoms with Crippen molar-refractivity contribution in [3.63, 3.8) is 0 Å². The lowest BCUT2D eigenvalue weighted by atomic mass is 9.79. The molecule has 1 aliphatic heterocycles. The smallest absolute Gasteiger partial charge is 0.272 e. The number of nitrogens with zero attached hydrogens (tertiary/aromatic N) is 2. The van der Waals surface area contributed by atoms with Gasteiger partial charge in [-0.1, -0.05) is 38.1 Å². The van der Waals surface area contributed by atoms with E-state index in [1.54, 1.807) is 0 Å². The first-order valence-corrected chi connectivity index (χ1v) is 7.38. The fourth-order valence-corrected chi connectivity index (χ4v) is 2.89. The van der Waals surface area contributed by atoms with Crippen molar-refractivity contribution in [3.8, 4) is 0 Å². The van der Waals surface area contributed by atoms with Crippen molar-refractivity contribution in [3.05, 3.63) is 42.1 Å². The van der Waals surface area contributed by atoms with E-state index in [2.05, 4.69) is 18.8 Å². The Balaban J connectivity index is 0.00000132. The van der Waals surface area contributed by atoms with Crippen LogP contribution in [0.3, 0.4) is 0 Å². The second-order valence-corrected chi connectivity index (χ2v) is 6.50. The Morgan fingerprint density at radius 2 is 1.91 bits per heavy atom. The van der Waals surface area contributed by atoms with Crippen LogP contribution in [-0.4, -0.2) is 34.9 Å². The van der Waals surface area contributed by atoms with Gasteiger partial charge in [-0.2, -0.15) is 0 Å². The average Bonchev–Trinajstić information content (AvgIpc) is 2.48. The van der Waals surface area contributed by atoms with Gasteiger partial charge >= 0.3 is 0 Å². The minimum absolute atomic E-state index is 0. The van der Waals surface area contributed by atoms with Crippen molar-refractivity contribution in [1.82, 2.24) is 9.88 Å². The lowest BCUT2D eigenvalue weighted by molar-refractivity contribution is 0.0528. The first-order valence-electron chi connectivity index (χ1n) is 7.38. The molecule has 2 N–H and O–H groups in total. The first kappa shape index (κ1) is 19.7. The molecule has 0 aliphatic carbocycles. The van der Waals surface area contributed by atoms with Crippen LogP contribution in [0.25, 0.3) is 10.9 Å². The van der Waals surface area contributed by atoms with Crippen LogP contribution in [0, 0.1) is 5.41 Å². The lowest BCUT2D eigenvalue weighted by Gasteiger charge is -2.42. The average molecular weight is 356 g/mol. The number of carbonyl (C=O) groups excluding carboxylic acids is 1. The Morgan fingerprint density at radius 3 is 2.61 bits per heavy atom. The fraction of sp³-hybridized carbons (Fsp3) is 0.412. The molecule has 126 valence electrons. The molecule has 0 radical (unpaired) electrons. The summed E-state index contributed by atoms with van der Waals surface area (Å²) < 4.78 is 0. The predicted molar refractivity (Wildman–Crippen MR) is 98.5 cm³/mol. The number of rotatable bonds is 1. The van der Waals surface area contributed by atoms with E-state index < -0.39 is 0 Å². The van der Waals surface area contributed by atoms with E-state index >= 15 is 0 Å². The molecule has 1 aromatic carbocycles. The van der Waals surface area contributed by atoms with Gasteiger partial charge in [-0.3, -0.25) is 4.79 Å². The third-order valence-electron chi connectivity index (χ3n) is 4.42. The van der Waals surface area contributed by atoms with Gasteiger partial charge in [-0.25, -0.2) is 4.98 Å². The normalized spacial score (nSPS) is 19.6. The van der Waals surface area contributed by atoms with Crippen LogP contribution in [0.2, 0.25) is 0 Å². The number of para-hydroxylation sites is 1. The highest BCUT2D eigenvalue weighted by Gasteiger charge is 2.35. The van der Waals surface area contributed by atoms with Crippen LogP contribution in [0.4, 0.5) is 0 Å². The van der Waals surface area contributed by atoms with Gasteiger partial charge in [0.2, 0.25) is 0 Å². The third kappa shape index (κ3) is 3.94. The summed E-state index contributed by atoms with van der Waals surface area (Å²) in [6, 6.07) is 11.8. The third-order valence-corrected chi connectivity index (χ3v) is 4.42. The summed E-state index contributed by atoms with van der Waals surface area (Å²) in [5.41, 5.74) is 7.46. The minimum Gasteiger partial charge on any atom is -0.337 e.